The lowest BCUT2D eigenvalue weighted by Crippen LogP contribution is -2.51. The molecular formula is C19H27F3N4O3S. The number of halogens is 3. The Kier molecular flexibility index (Phi) is 7.22. The lowest BCUT2D eigenvalue weighted by atomic mass is 9.86. The van der Waals surface area contributed by atoms with E-state index in [0.717, 1.165) is 24.5 Å². The van der Waals surface area contributed by atoms with Crippen molar-refractivity contribution in [2.45, 2.75) is 81.6 Å². The molecule has 2 saturated carbocycles. The van der Waals surface area contributed by atoms with Crippen LogP contribution in [0.15, 0.2) is 6.20 Å². The number of nitrogens with two attached hydrogens (primary N) is 1. The number of hydrogen-bond donors (Lipinski definition) is 3. The molecule has 4 N–H and O–H groups in total. The van der Waals surface area contributed by atoms with Gasteiger partial charge in [-0.05, 0) is 31.6 Å². The third kappa shape index (κ3) is 5.84. The summed E-state index contributed by atoms with van der Waals surface area (Å²) < 4.78 is 31.7. The number of anilines is 1. The molecule has 1 amide bonds. The Morgan fingerprint density at radius 2 is 1.90 bits per heavy atom. The number of aliphatic carboxylic acids is 1. The number of carboxylic acid groups (broad SMARTS) is 1. The first-order chi connectivity index (χ1) is 14.1. The predicted octanol–water partition coefficient (Wildman–Crippen LogP) is 3.33. The van der Waals surface area contributed by atoms with Gasteiger partial charge in [-0.3, -0.25) is 4.79 Å². The molecule has 4 rings (SSSR count). The SMILES string of the molecule is N[C@H]1C[C@H](N2CC(Nc3ncc(C4CCCCC4)s3)CC2=O)C1.O=C(O)C(F)(F)F. The van der Waals surface area contributed by atoms with Crippen LogP contribution < -0.4 is 11.1 Å². The largest absolute Gasteiger partial charge is 0.490 e. The second-order valence-corrected chi connectivity index (χ2v) is 9.24. The molecule has 7 nitrogen and oxygen atoms in total. The molecule has 0 bridgehead atoms. The number of carbonyl (C=O) groups is 2. The number of carbonyl (C=O) groups excluding carboxylic acids is 1. The van der Waals surface area contributed by atoms with Gasteiger partial charge >= 0.3 is 12.1 Å². The third-order valence-corrected chi connectivity index (χ3v) is 6.94. The molecular weight excluding hydrogens is 421 g/mol. The molecule has 0 spiro atoms. The van der Waals surface area contributed by atoms with E-state index in [9.17, 15) is 18.0 Å². The number of thiazole rings is 1. The zero-order chi connectivity index (χ0) is 21.9. The van der Waals surface area contributed by atoms with Crippen LogP contribution in [0.1, 0.15) is 62.2 Å². The summed E-state index contributed by atoms with van der Waals surface area (Å²) in [7, 11) is 0. The van der Waals surface area contributed by atoms with E-state index < -0.39 is 12.1 Å². The summed E-state index contributed by atoms with van der Waals surface area (Å²) in [6.45, 7) is 0.800. The van der Waals surface area contributed by atoms with Crippen LogP contribution in [0, 0.1) is 0 Å². The minimum atomic E-state index is -5.08. The minimum absolute atomic E-state index is 0.199. The lowest BCUT2D eigenvalue weighted by molar-refractivity contribution is -0.192. The molecule has 1 saturated heterocycles. The van der Waals surface area contributed by atoms with Crippen LogP contribution >= 0.6 is 11.3 Å². The summed E-state index contributed by atoms with van der Waals surface area (Å²) in [6, 6.07) is 0.861. The van der Waals surface area contributed by atoms with Crippen molar-refractivity contribution >= 4 is 28.3 Å². The Labute approximate surface area is 176 Å². The molecule has 1 aliphatic heterocycles. The van der Waals surface area contributed by atoms with E-state index in [1.165, 1.54) is 37.0 Å². The molecule has 0 radical (unpaired) electrons. The number of alkyl halides is 3. The normalized spacial score (nSPS) is 27.3. The predicted molar refractivity (Wildman–Crippen MR) is 106 cm³/mol. The summed E-state index contributed by atoms with van der Waals surface area (Å²) in [5, 5.41) is 11.6. The smallest absolute Gasteiger partial charge is 0.475 e. The summed E-state index contributed by atoms with van der Waals surface area (Å²) in [6.07, 6.45) is 6.15. The Morgan fingerprint density at radius 1 is 1.27 bits per heavy atom. The van der Waals surface area contributed by atoms with Gasteiger partial charge in [0.05, 0.1) is 6.04 Å². The highest BCUT2D eigenvalue weighted by molar-refractivity contribution is 7.15. The standard InChI is InChI=1S/C17H26N4OS.C2HF3O2/c18-12-6-14(7-12)21-10-13(8-16(21)22)20-17-19-9-15(23-17)11-4-2-1-3-5-11;3-2(4,5)1(6)7/h9,11-14H,1-8,10,18H2,(H,19,20);(H,6,7)/t12-,13?,14-;. The molecule has 3 aliphatic rings. The number of hydrogen-bond acceptors (Lipinski definition) is 6. The third-order valence-electron chi connectivity index (χ3n) is 5.85. The number of rotatable bonds is 4. The van der Waals surface area contributed by atoms with Gasteiger partial charge in [0.15, 0.2) is 5.13 Å². The molecule has 1 aromatic heterocycles. The maximum absolute atomic E-state index is 12.2. The second-order valence-electron chi connectivity index (χ2n) is 8.18. The van der Waals surface area contributed by atoms with E-state index in [4.69, 9.17) is 15.6 Å². The second kappa shape index (κ2) is 9.51. The van der Waals surface area contributed by atoms with Crippen molar-refractivity contribution in [2.75, 3.05) is 11.9 Å². The topological polar surface area (TPSA) is 109 Å². The van der Waals surface area contributed by atoms with Gasteiger partial charge in [-0.15, -0.1) is 11.3 Å². The Morgan fingerprint density at radius 3 is 2.47 bits per heavy atom. The average Bonchev–Trinajstić information content (AvgIpc) is 3.26. The van der Waals surface area contributed by atoms with Crippen molar-refractivity contribution in [3.8, 4) is 0 Å². The molecule has 11 heteroatoms. The monoisotopic (exact) mass is 448 g/mol. The van der Waals surface area contributed by atoms with Crippen molar-refractivity contribution < 1.29 is 27.9 Å². The van der Waals surface area contributed by atoms with Crippen molar-refractivity contribution in [1.82, 2.24) is 9.88 Å². The summed E-state index contributed by atoms with van der Waals surface area (Å²) in [5.41, 5.74) is 5.85. The van der Waals surface area contributed by atoms with E-state index >= 15 is 0 Å². The minimum Gasteiger partial charge on any atom is -0.475 e. The Balaban J connectivity index is 0.000000318. The van der Waals surface area contributed by atoms with Crippen LogP contribution in [0.25, 0.3) is 0 Å². The highest BCUT2D eigenvalue weighted by Crippen LogP contribution is 2.37. The zero-order valence-corrected chi connectivity index (χ0v) is 17.3. The first-order valence-electron chi connectivity index (χ1n) is 10.2. The van der Waals surface area contributed by atoms with Gasteiger partial charge in [0, 0.05) is 36.1 Å². The van der Waals surface area contributed by atoms with Gasteiger partial charge < -0.3 is 21.1 Å². The Bertz CT molecular complexity index is 746. The fourth-order valence-corrected chi connectivity index (χ4v) is 5.23. The highest BCUT2D eigenvalue weighted by atomic mass is 32.1. The molecule has 2 heterocycles. The van der Waals surface area contributed by atoms with Gasteiger partial charge in [0.25, 0.3) is 0 Å². The van der Waals surface area contributed by atoms with Crippen molar-refractivity contribution in [1.29, 1.82) is 0 Å². The molecule has 0 aromatic carbocycles. The molecule has 3 fully saturated rings. The average molecular weight is 449 g/mol. The van der Waals surface area contributed by atoms with Crippen molar-refractivity contribution in [3.63, 3.8) is 0 Å². The number of carboxylic acids is 1. The van der Waals surface area contributed by atoms with Crippen LogP contribution in [-0.4, -0.2) is 57.7 Å². The number of likely N-dealkylation sites (tertiary alicyclic amines) is 1. The summed E-state index contributed by atoms with van der Waals surface area (Å²) >= 11 is 1.79. The van der Waals surface area contributed by atoms with Crippen LogP contribution in [-0.2, 0) is 9.59 Å². The zero-order valence-electron chi connectivity index (χ0n) is 16.5. The van der Waals surface area contributed by atoms with Gasteiger partial charge in [-0.25, -0.2) is 9.78 Å². The summed E-state index contributed by atoms with van der Waals surface area (Å²) in [4.78, 5) is 29.1. The molecule has 1 aromatic rings. The summed E-state index contributed by atoms with van der Waals surface area (Å²) in [5.74, 6) is -1.79. The number of amides is 1. The molecule has 2 aliphatic carbocycles. The maximum Gasteiger partial charge on any atom is 0.490 e. The van der Waals surface area contributed by atoms with Crippen LogP contribution in [0.3, 0.4) is 0 Å². The van der Waals surface area contributed by atoms with E-state index in [0.29, 0.717) is 18.4 Å². The molecule has 30 heavy (non-hydrogen) atoms. The molecule has 1 atom stereocenters. The maximum atomic E-state index is 12.2. The number of aromatic nitrogens is 1. The van der Waals surface area contributed by atoms with Crippen LogP contribution in [0.2, 0.25) is 0 Å². The number of nitrogens with zero attached hydrogens (tertiary/aromatic N) is 2. The quantitative estimate of drug-likeness (QED) is 0.652. The first kappa shape index (κ1) is 22.8. The van der Waals surface area contributed by atoms with Gasteiger partial charge in [-0.1, -0.05) is 19.3 Å². The van der Waals surface area contributed by atoms with Crippen molar-refractivity contribution in [3.05, 3.63) is 11.1 Å². The molecule has 168 valence electrons. The molecule has 1 unspecified atom stereocenters. The van der Waals surface area contributed by atoms with Crippen LogP contribution in [0.5, 0.6) is 0 Å². The van der Waals surface area contributed by atoms with Gasteiger partial charge in [0.1, 0.15) is 0 Å². The van der Waals surface area contributed by atoms with Crippen LogP contribution in [0.4, 0.5) is 18.3 Å². The van der Waals surface area contributed by atoms with E-state index in [-0.39, 0.29) is 18.0 Å². The van der Waals surface area contributed by atoms with Crippen molar-refractivity contribution in [2.24, 2.45) is 5.73 Å². The van der Waals surface area contributed by atoms with Gasteiger partial charge in [0.2, 0.25) is 5.91 Å². The number of nitrogens with one attached hydrogen (secondary N) is 1. The lowest BCUT2D eigenvalue weighted by Gasteiger charge is -2.39. The van der Waals surface area contributed by atoms with E-state index in [2.05, 4.69) is 10.3 Å². The van der Waals surface area contributed by atoms with E-state index in [1.807, 2.05) is 11.1 Å². The first-order valence-corrected chi connectivity index (χ1v) is 11.0. The fraction of sp³-hybridized carbons (Fsp3) is 0.737. The highest BCUT2D eigenvalue weighted by Gasteiger charge is 2.40. The van der Waals surface area contributed by atoms with E-state index in [1.54, 1.807) is 11.3 Å². The van der Waals surface area contributed by atoms with Gasteiger partial charge in [-0.2, -0.15) is 13.2 Å². The Hall–Kier alpha value is -1.88. The fourth-order valence-electron chi connectivity index (χ4n) is 4.17.